The van der Waals surface area contributed by atoms with Gasteiger partial charge in [0.25, 0.3) is 0 Å². The predicted molar refractivity (Wildman–Crippen MR) is 142 cm³/mol. The first-order valence-corrected chi connectivity index (χ1v) is 14.7. The van der Waals surface area contributed by atoms with Gasteiger partial charge in [-0.2, -0.15) is 0 Å². The second-order valence-electron chi connectivity index (χ2n) is 10.9. The fourth-order valence-corrected chi connectivity index (χ4v) is 6.60. The van der Waals surface area contributed by atoms with Gasteiger partial charge in [0, 0.05) is 0 Å². The topological polar surface area (TPSA) is 121 Å². The maximum absolute atomic E-state index is 11.4. The van der Waals surface area contributed by atoms with Crippen molar-refractivity contribution in [3.63, 3.8) is 0 Å². The van der Waals surface area contributed by atoms with Gasteiger partial charge in [-0.1, -0.05) is 0 Å². The Bertz CT molecular complexity index is 1170. The molecule has 0 aliphatic heterocycles. The van der Waals surface area contributed by atoms with Gasteiger partial charge < -0.3 is 0 Å². The average molecular weight is 506 g/mol. The third kappa shape index (κ3) is 5.41. The van der Waals surface area contributed by atoms with E-state index in [0.717, 1.165) is 16.7 Å². The van der Waals surface area contributed by atoms with Crippen LogP contribution in [0, 0.1) is 0 Å². The summed E-state index contributed by atoms with van der Waals surface area (Å²) in [6.45, 7) is 12.2. The molecule has 0 saturated carbocycles. The Kier molecular flexibility index (Phi) is 6.67. The van der Waals surface area contributed by atoms with Crippen molar-refractivity contribution in [1.29, 1.82) is 0 Å². The van der Waals surface area contributed by atoms with Gasteiger partial charge in [0.2, 0.25) is 0 Å². The zero-order chi connectivity index (χ0) is 25.8. The molecule has 0 aromatic heterocycles. The Morgan fingerprint density at radius 1 is 0.618 bits per heavy atom. The van der Waals surface area contributed by atoms with E-state index < -0.39 is 20.6 Å². The summed E-state index contributed by atoms with van der Waals surface area (Å²) in [6.07, 6.45) is 0. The monoisotopic (exact) mass is 505 g/mol. The quantitative estimate of drug-likeness (QED) is 0.302. The van der Waals surface area contributed by atoms with Gasteiger partial charge >= 0.3 is 202 Å². The SMILES string of the molecule is CC(C)(C)c1ccc(P(O)(O)(O)c2ccc(-c3ccc([P+](O)(O)O)cc3)cc2)c(C(C)(C)C)c1. The van der Waals surface area contributed by atoms with Crippen molar-refractivity contribution >= 4 is 31.1 Å². The van der Waals surface area contributed by atoms with E-state index in [9.17, 15) is 29.4 Å². The molecule has 0 saturated heterocycles. The molecule has 0 aliphatic rings. The van der Waals surface area contributed by atoms with Crippen LogP contribution in [-0.2, 0) is 10.8 Å². The Hall–Kier alpha value is -1.72. The average Bonchev–Trinajstić information content (AvgIpc) is 2.71. The van der Waals surface area contributed by atoms with Crippen LogP contribution in [0.2, 0.25) is 0 Å². The van der Waals surface area contributed by atoms with Gasteiger partial charge in [-0.25, -0.2) is 0 Å². The van der Waals surface area contributed by atoms with Crippen LogP contribution in [0.1, 0.15) is 52.7 Å². The molecule has 0 radical (unpaired) electrons. The molecule has 3 rings (SSSR count). The molecule has 0 aliphatic carbocycles. The van der Waals surface area contributed by atoms with Gasteiger partial charge in [-0.05, 0) is 0 Å². The fraction of sp³-hybridized carbons (Fsp3) is 0.308. The molecule has 0 spiro atoms. The van der Waals surface area contributed by atoms with Crippen LogP contribution in [-0.4, -0.2) is 29.4 Å². The molecule has 8 heteroatoms. The third-order valence-corrected chi connectivity index (χ3v) is 9.52. The predicted octanol–water partition coefficient (Wildman–Crippen LogP) is 3.54. The molecule has 3 aromatic carbocycles. The van der Waals surface area contributed by atoms with E-state index in [2.05, 4.69) is 20.8 Å². The van der Waals surface area contributed by atoms with Crippen molar-refractivity contribution in [2.45, 2.75) is 52.4 Å². The molecule has 0 fully saturated rings. The number of benzene rings is 3. The zero-order valence-electron chi connectivity index (χ0n) is 20.4. The van der Waals surface area contributed by atoms with E-state index in [1.165, 1.54) is 24.3 Å². The molecule has 6 nitrogen and oxygen atoms in total. The minimum atomic E-state index is -5.44. The van der Waals surface area contributed by atoms with Gasteiger partial charge in [0.05, 0.1) is 0 Å². The number of hydrogen-bond donors (Lipinski definition) is 6. The van der Waals surface area contributed by atoms with Crippen LogP contribution < -0.4 is 15.9 Å². The van der Waals surface area contributed by atoms with Crippen molar-refractivity contribution in [2.24, 2.45) is 0 Å². The van der Waals surface area contributed by atoms with Gasteiger partial charge in [-0.15, -0.1) is 0 Å². The van der Waals surface area contributed by atoms with E-state index >= 15 is 0 Å². The van der Waals surface area contributed by atoms with Crippen molar-refractivity contribution in [3.8, 4) is 11.1 Å². The van der Waals surface area contributed by atoms with E-state index in [1.807, 2.05) is 32.9 Å². The normalized spacial score (nSPS) is 14.5. The van der Waals surface area contributed by atoms with Gasteiger partial charge in [0.1, 0.15) is 0 Å². The first-order chi connectivity index (χ1) is 15.3. The van der Waals surface area contributed by atoms with Crippen LogP contribution in [0.4, 0.5) is 0 Å². The molecule has 0 heterocycles. The van der Waals surface area contributed by atoms with Crippen LogP contribution in [0.25, 0.3) is 11.1 Å². The van der Waals surface area contributed by atoms with Crippen LogP contribution in [0.5, 0.6) is 0 Å². The molecule has 34 heavy (non-hydrogen) atoms. The molecule has 0 unspecified atom stereocenters. The van der Waals surface area contributed by atoms with E-state index in [0.29, 0.717) is 5.56 Å². The van der Waals surface area contributed by atoms with Crippen LogP contribution >= 0.6 is 15.2 Å². The Labute approximate surface area is 202 Å². The van der Waals surface area contributed by atoms with E-state index in [-0.39, 0.29) is 21.3 Å². The summed E-state index contributed by atoms with van der Waals surface area (Å²) < 4.78 is 0. The third-order valence-electron chi connectivity index (χ3n) is 6.00. The van der Waals surface area contributed by atoms with Crippen molar-refractivity contribution in [3.05, 3.63) is 77.9 Å². The molecule has 0 atom stereocenters. The molecule has 0 bridgehead atoms. The molecule has 184 valence electrons. The summed E-state index contributed by atoms with van der Waals surface area (Å²) in [7, 11) is -9.52. The summed E-state index contributed by atoms with van der Waals surface area (Å²) in [5.41, 5.74) is 2.57. The summed E-state index contributed by atoms with van der Waals surface area (Å²) >= 11 is 0. The van der Waals surface area contributed by atoms with Gasteiger partial charge in [-0.3, -0.25) is 0 Å². The second-order valence-corrected chi connectivity index (χ2v) is 15.5. The summed E-state index contributed by atoms with van der Waals surface area (Å²) in [5, 5.41) is 0.177. The molecule has 6 N–H and O–H groups in total. The number of hydrogen-bond acceptors (Lipinski definition) is 6. The maximum atomic E-state index is 11.4. The number of rotatable bonds is 4. The van der Waals surface area contributed by atoms with E-state index in [1.54, 1.807) is 30.3 Å². The zero-order valence-corrected chi connectivity index (χ0v) is 22.2. The second kappa shape index (κ2) is 8.44. The Balaban J connectivity index is 2.07. The van der Waals surface area contributed by atoms with E-state index in [4.69, 9.17) is 0 Å². The Morgan fingerprint density at radius 2 is 1.09 bits per heavy atom. The standard InChI is InChI=1S/C26H35O6P2/c1-25(2,3)20-11-16-24(23(17-20)26(4,5)6)34(30,31,32)22-14-9-19(10-15-22)18-7-12-21(13-8-18)33(27,28)29/h7-17,27-32H,1-6H3/q+1. The summed E-state index contributed by atoms with van der Waals surface area (Å²) in [6, 6.07) is 17.8. The summed E-state index contributed by atoms with van der Waals surface area (Å²) in [4.78, 5) is 62.4. The van der Waals surface area contributed by atoms with Crippen molar-refractivity contribution < 1.29 is 29.4 Å². The van der Waals surface area contributed by atoms with Crippen LogP contribution in [0.3, 0.4) is 0 Å². The fourth-order valence-electron chi connectivity index (χ4n) is 3.88. The summed E-state index contributed by atoms with van der Waals surface area (Å²) in [5.74, 6) is 0. The first kappa shape index (κ1) is 26.9. The molecule has 0 amide bonds. The van der Waals surface area contributed by atoms with Gasteiger partial charge in [0.15, 0.2) is 0 Å². The minimum absolute atomic E-state index is 0.0198. The van der Waals surface area contributed by atoms with Crippen molar-refractivity contribution in [2.75, 3.05) is 0 Å². The molecular formula is C26H35O6P2+. The molecular weight excluding hydrogens is 470 g/mol. The Morgan fingerprint density at radius 3 is 1.50 bits per heavy atom. The first-order valence-electron chi connectivity index (χ1n) is 11.0. The van der Waals surface area contributed by atoms with Crippen molar-refractivity contribution in [1.82, 2.24) is 0 Å². The van der Waals surface area contributed by atoms with Crippen LogP contribution in [0.15, 0.2) is 66.7 Å². The molecule has 3 aromatic rings.